The molecule has 4 unspecified atom stereocenters. The van der Waals surface area contributed by atoms with E-state index in [1.165, 1.54) is 0 Å². The van der Waals surface area contributed by atoms with Crippen LogP contribution in [0.15, 0.2) is 10.3 Å². The number of hydrogen-bond acceptors (Lipinski definition) is 5. The van der Waals surface area contributed by atoms with Gasteiger partial charge in [0.1, 0.15) is 6.10 Å². The summed E-state index contributed by atoms with van der Waals surface area (Å²) in [6, 6.07) is 0.355. The quantitative estimate of drug-likeness (QED) is 0.326. The maximum atomic E-state index is 6.63. The summed E-state index contributed by atoms with van der Waals surface area (Å²) in [6.45, 7) is 0. The Hall–Kier alpha value is -0.800. The van der Waals surface area contributed by atoms with Gasteiger partial charge in [0.2, 0.25) is 0 Å². The van der Waals surface area contributed by atoms with Gasteiger partial charge in [0.25, 0.3) is 0 Å². The number of fused-ring (bicyclic) bond motifs is 2. The van der Waals surface area contributed by atoms with E-state index in [1.807, 2.05) is 0 Å². The molecule has 0 heterocycles. The molecule has 2 aliphatic rings. The topological polar surface area (TPSA) is 57.8 Å². The fourth-order valence-electron chi connectivity index (χ4n) is 2.62. The second-order valence-electron chi connectivity index (χ2n) is 3.75. The molecule has 0 aromatic rings. The molecule has 4 nitrogen and oxygen atoms in total. The Morgan fingerprint density at radius 1 is 1.31 bits per heavy atom. The lowest BCUT2D eigenvalue weighted by Gasteiger charge is -2.22. The van der Waals surface area contributed by atoms with Gasteiger partial charge in [-0.3, -0.25) is 0 Å². The first kappa shape index (κ1) is 8.78. The van der Waals surface area contributed by atoms with Crippen LogP contribution in [0.25, 0.3) is 0 Å². The van der Waals surface area contributed by atoms with Gasteiger partial charge in [-0.1, -0.05) is 0 Å². The van der Waals surface area contributed by atoms with Gasteiger partial charge in [-0.25, -0.2) is 4.99 Å². The summed E-state index contributed by atoms with van der Waals surface area (Å²) in [7, 11) is 0. The molecule has 5 heteroatoms. The summed E-state index contributed by atoms with van der Waals surface area (Å²) in [5, 5.41) is 5.44. The summed E-state index contributed by atoms with van der Waals surface area (Å²) >= 11 is 4.59. The lowest BCUT2D eigenvalue weighted by molar-refractivity contribution is 0.000644. The maximum absolute atomic E-state index is 6.63. The van der Waals surface area contributed by atoms with E-state index in [-0.39, 0.29) is 6.10 Å². The number of thiocarbonyl (C=S) groups is 1. The Kier molecular flexibility index (Phi) is 2.38. The predicted molar refractivity (Wildman–Crippen MR) is 49.7 cm³/mol. The second-order valence-corrected chi connectivity index (χ2v) is 3.93. The largest absolute Gasteiger partial charge is 0.376 e. The average Bonchev–Trinajstić information content (AvgIpc) is 2.65. The highest BCUT2D eigenvalue weighted by molar-refractivity contribution is 7.78. The van der Waals surface area contributed by atoms with Crippen molar-refractivity contribution >= 4 is 17.4 Å². The van der Waals surface area contributed by atoms with Crippen LogP contribution in [-0.2, 0) is 4.84 Å². The van der Waals surface area contributed by atoms with Crippen molar-refractivity contribution in [3.05, 3.63) is 0 Å². The number of rotatable bonds is 3. The molecule has 0 aromatic heterocycles. The molecule has 2 saturated carbocycles. The first-order valence-electron chi connectivity index (χ1n) is 4.44. The van der Waals surface area contributed by atoms with Crippen LogP contribution >= 0.6 is 12.2 Å². The lowest BCUT2D eigenvalue weighted by Crippen LogP contribution is -2.25. The minimum Gasteiger partial charge on any atom is -0.376 e. The fourth-order valence-corrected chi connectivity index (χ4v) is 2.75. The zero-order valence-corrected chi connectivity index (χ0v) is 7.96. The minimum atomic E-state index is 0.152. The van der Waals surface area contributed by atoms with E-state index in [0.717, 1.165) is 19.3 Å². The Balaban J connectivity index is 1.98. The van der Waals surface area contributed by atoms with Crippen LogP contribution in [0.2, 0.25) is 0 Å². The molecule has 2 fully saturated rings. The highest BCUT2D eigenvalue weighted by Crippen LogP contribution is 2.47. The molecule has 0 spiro atoms. The monoisotopic (exact) mass is 197 g/mol. The van der Waals surface area contributed by atoms with Crippen LogP contribution in [0.1, 0.15) is 19.3 Å². The second kappa shape index (κ2) is 3.52. The third-order valence-corrected chi connectivity index (χ3v) is 3.27. The normalized spacial score (nSPS) is 41.2. The Bertz CT molecular complexity index is 264. The van der Waals surface area contributed by atoms with Crippen molar-refractivity contribution < 1.29 is 4.84 Å². The van der Waals surface area contributed by atoms with Gasteiger partial charge >= 0.3 is 0 Å². The van der Waals surface area contributed by atoms with Gasteiger partial charge < -0.3 is 4.84 Å². The third kappa shape index (κ3) is 1.49. The molecule has 13 heavy (non-hydrogen) atoms. The SMILES string of the molecule is N=NOC1CC2CC1CC2N=C=S. The number of aliphatic imine (C=N–C) groups is 1. The molecule has 70 valence electrons. The maximum Gasteiger partial charge on any atom is 0.132 e. The molecule has 0 radical (unpaired) electrons. The number of hydrogen-bond donors (Lipinski definition) is 1. The smallest absolute Gasteiger partial charge is 0.132 e. The summed E-state index contributed by atoms with van der Waals surface area (Å²) in [6.07, 6.45) is 3.29. The van der Waals surface area contributed by atoms with Crippen molar-refractivity contribution in [1.82, 2.24) is 0 Å². The molecule has 2 rings (SSSR count). The van der Waals surface area contributed by atoms with E-state index in [4.69, 9.17) is 10.4 Å². The third-order valence-electron chi connectivity index (χ3n) is 3.16. The van der Waals surface area contributed by atoms with E-state index >= 15 is 0 Å². The minimum absolute atomic E-state index is 0.152. The molecular formula is C8H11N3OS. The highest BCUT2D eigenvalue weighted by Gasteiger charge is 2.47. The van der Waals surface area contributed by atoms with E-state index in [1.54, 1.807) is 0 Å². The first-order valence-corrected chi connectivity index (χ1v) is 4.85. The standard InChI is InChI=1S/C8H11N3OS/c9-11-12-8-3-5-1-6(8)2-7(5)10-4-13/h5-9H,1-3H2. The molecule has 0 aliphatic heterocycles. The van der Waals surface area contributed by atoms with Gasteiger partial charge in [0.15, 0.2) is 0 Å². The average molecular weight is 197 g/mol. The molecule has 0 amide bonds. The zero-order valence-electron chi connectivity index (χ0n) is 7.14. The van der Waals surface area contributed by atoms with E-state index in [0.29, 0.717) is 17.9 Å². The van der Waals surface area contributed by atoms with Crippen LogP contribution in [0.4, 0.5) is 0 Å². The van der Waals surface area contributed by atoms with Crippen molar-refractivity contribution in [3.8, 4) is 0 Å². The zero-order chi connectivity index (χ0) is 9.26. The predicted octanol–water partition coefficient (Wildman–Crippen LogP) is 2.22. The van der Waals surface area contributed by atoms with Crippen molar-refractivity contribution in [2.45, 2.75) is 31.4 Å². The Labute approximate surface area is 81.8 Å². The van der Waals surface area contributed by atoms with Gasteiger partial charge in [-0.05, 0) is 37.4 Å². The Morgan fingerprint density at radius 2 is 2.15 bits per heavy atom. The van der Waals surface area contributed by atoms with Crippen LogP contribution in [0.3, 0.4) is 0 Å². The van der Waals surface area contributed by atoms with E-state index < -0.39 is 0 Å². The summed E-state index contributed by atoms with van der Waals surface area (Å²) in [5.74, 6) is 1.10. The molecule has 2 aliphatic carbocycles. The molecule has 0 aromatic carbocycles. The van der Waals surface area contributed by atoms with Crippen LogP contribution in [0, 0.1) is 17.4 Å². The van der Waals surface area contributed by atoms with Gasteiger partial charge in [-0.2, -0.15) is 5.53 Å². The number of nitrogens with zero attached hydrogens (tertiary/aromatic N) is 2. The number of isothiocyanates is 1. The molecule has 1 N–H and O–H groups in total. The van der Waals surface area contributed by atoms with Gasteiger partial charge in [-0.15, -0.1) is 0 Å². The molecule has 4 atom stereocenters. The van der Waals surface area contributed by atoms with Crippen molar-refractivity contribution in [3.63, 3.8) is 0 Å². The lowest BCUT2D eigenvalue weighted by atomic mass is 9.94. The van der Waals surface area contributed by atoms with Crippen molar-refractivity contribution in [2.24, 2.45) is 22.1 Å². The molecule has 2 bridgehead atoms. The van der Waals surface area contributed by atoms with Crippen molar-refractivity contribution in [2.75, 3.05) is 0 Å². The summed E-state index contributed by atoms with van der Waals surface area (Å²) in [5.41, 5.74) is 6.63. The van der Waals surface area contributed by atoms with Crippen LogP contribution in [0.5, 0.6) is 0 Å². The van der Waals surface area contributed by atoms with E-state index in [9.17, 15) is 0 Å². The van der Waals surface area contributed by atoms with E-state index in [2.05, 4.69) is 27.6 Å². The number of nitrogens with one attached hydrogen (secondary N) is 1. The van der Waals surface area contributed by atoms with Gasteiger partial charge in [0.05, 0.1) is 11.2 Å². The molecular weight excluding hydrogens is 186 g/mol. The Morgan fingerprint density at radius 3 is 2.69 bits per heavy atom. The summed E-state index contributed by atoms with van der Waals surface area (Å²) < 4.78 is 0. The van der Waals surface area contributed by atoms with Crippen molar-refractivity contribution in [1.29, 1.82) is 5.53 Å². The van der Waals surface area contributed by atoms with Crippen LogP contribution < -0.4 is 0 Å². The fraction of sp³-hybridized carbons (Fsp3) is 0.875. The summed E-state index contributed by atoms with van der Waals surface area (Å²) in [4.78, 5) is 9.10. The first-order chi connectivity index (χ1) is 6.35. The van der Waals surface area contributed by atoms with Crippen LogP contribution in [-0.4, -0.2) is 17.3 Å². The molecule has 0 saturated heterocycles. The highest BCUT2D eigenvalue weighted by atomic mass is 32.1. The van der Waals surface area contributed by atoms with Gasteiger partial charge in [0, 0.05) is 11.2 Å².